The first-order chi connectivity index (χ1) is 7.38. The molecule has 0 aromatic heterocycles. The van der Waals surface area contributed by atoms with Crippen LogP contribution in [0.25, 0.3) is 0 Å². The Labute approximate surface area is 105 Å². The van der Waals surface area contributed by atoms with Gasteiger partial charge < -0.3 is 5.32 Å². The van der Waals surface area contributed by atoms with Crippen LogP contribution < -0.4 is 5.32 Å². The monoisotopic (exact) mass is 305 g/mol. The van der Waals surface area contributed by atoms with E-state index >= 15 is 0 Å². The molecule has 0 saturated carbocycles. The summed E-state index contributed by atoms with van der Waals surface area (Å²) in [6, 6.07) is 8.15. The maximum absolute atomic E-state index is 10.9. The normalized spacial score (nSPS) is 13.7. The molecule has 0 aliphatic carbocycles. The van der Waals surface area contributed by atoms with Crippen LogP contribution in [0.1, 0.15) is 18.5 Å². The molecule has 0 aliphatic heterocycles. The molecule has 16 heavy (non-hydrogen) atoms. The topological polar surface area (TPSA) is 46.2 Å². The number of hydrogen-bond acceptors (Lipinski definition) is 3. The second-order valence-corrected chi connectivity index (χ2v) is 7.03. The Hall–Kier alpha value is -0.390. The second kappa shape index (κ2) is 5.80. The Kier molecular flexibility index (Phi) is 4.95. The van der Waals surface area contributed by atoms with Gasteiger partial charge in [-0.15, -0.1) is 0 Å². The van der Waals surface area contributed by atoms with Gasteiger partial charge in [0.1, 0.15) is 9.84 Å². The number of sulfone groups is 1. The predicted octanol–water partition coefficient (Wildman–Crippen LogP) is 2.14. The van der Waals surface area contributed by atoms with Crippen molar-refractivity contribution in [3.8, 4) is 0 Å². The zero-order chi connectivity index (χ0) is 12.2. The fraction of sp³-hybridized carbons (Fsp3) is 0.455. The van der Waals surface area contributed by atoms with E-state index in [0.717, 1.165) is 10.0 Å². The molecule has 0 fully saturated rings. The van der Waals surface area contributed by atoms with Gasteiger partial charge in [0.25, 0.3) is 0 Å². The molecule has 0 aliphatic rings. The van der Waals surface area contributed by atoms with Crippen LogP contribution in [0.4, 0.5) is 0 Å². The third kappa shape index (κ3) is 5.09. The van der Waals surface area contributed by atoms with Crippen molar-refractivity contribution in [3.05, 3.63) is 34.3 Å². The van der Waals surface area contributed by atoms with Crippen LogP contribution in [0.3, 0.4) is 0 Å². The van der Waals surface area contributed by atoms with E-state index in [2.05, 4.69) is 21.2 Å². The summed E-state index contributed by atoms with van der Waals surface area (Å²) < 4.78 is 22.9. The van der Waals surface area contributed by atoms with Crippen molar-refractivity contribution in [3.63, 3.8) is 0 Å². The lowest BCUT2D eigenvalue weighted by Gasteiger charge is -2.13. The van der Waals surface area contributed by atoms with Gasteiger partial charge in [-0.05, 0) is 24.6 Å². The minimum absolute atomic E-state index is 0.162. The summed E-state index contributed by atoms with van der Waals surface area (Å²) in [5.41, 5.74) is 1.15. The van der Waals surface area contributed by atoms with Crippen molar-refractivity contribution in [1.82, 2.24) is 5.32 Å². The molecule has 90 valence electrons. The number of benzene rings is 1. The maximum atomic E-state index is 10.9. The van der Waals surface area contributed by atoms with Gasteiger partial charge >= 0.3 is 0 Å². The molecule has 0 spiro atoms. The molecule has 0 amide bonds. The fourth-order valence-corrected chi connectivity index (χ4v) is 2.08. The second-order valence-electron chi connectivity index (χ2n) is 3.86. The van der Waals surface area contributed by atoms with Crippen molar-refractivity contribution < 1.29 is 8.42 Å². The average molecular weight is 306 g/mol. The zero-order valence-electron chi connectivity index (χ0n) is 9.40. The Morgan fingerprint density at radius 1 is 1.31 bits per heavy atom. The highest BCUT2D eigenvalue weighted by atomic mass is 79.9. The average Bonchev–Trinajstić information content (AvgIpc) is 2.16. The summed E-state index contributed by atoms with van der Waals surface area (Å²) in [6.45, 7) is 2.50. The molecule has 5 heteroatoms. The zero-order valence-corrected chi connectivity index (χ0v) is 11.8. The van der Waals surface area contributed by atoms with Gasteiger partial charge in [0.05, 0.1) is 5.75 Å². The summed E-state index contributed by atoms with van der Waals surface area (Å²) in [6.07, 6.45) is 1.25. The van der Waals surface area contributed by atoms with Gasteiger partial charge in [-0.2, -0.15) is 0 Å². The molecule has 1 N–H and O–H groups in total. The molecule has 0 unspecified atom stereocenters. The van der Waals surface area contributed by atoms with E-state index < -0.39 is 9.84 Å². The molecule has 1 rings (SSSR count). The summed E-state index contributed by atoms with van der Waals surface area (Å²) in [5.74, 6) is 0.174. The molecule has 1 atom stereocenters. The lowest BCUT2D eigenvalue weighted by atomic mass is 10.1. The van der Waals surface area contributed by atoms with Crippen molar-refractivity contribution in [2.24, 2.45) is 0 Å². The van der Waals surface area contributed by atoms with E-state index in [1.54, 1.807) is 0 Å². The van der Waals surface area contributed by atoms with Crippen LogP contribution in [-0.4, -0.2) is 27.0 Å². The summed E-state index contributed by atoms with van der Waals surface area (Å²) in [4.78, 5) is 0. The van der Waals surface area contributed by atoms with Crippen molar-refractivity contribution in [2.75, 3.05) is 18.6 Å². The highest BCUT2D eigenvalue weighted by molar-refractivity contribution is 9.10. The van der Waals surface area contributed by atoms with Gasteiger partial charge in [-0.1, -0.05) is 28.1 Å². The minimum atomic E-state index is -2.88. The van der Waals surface area contributed by atoms with Crippen molar-refractivity contribution in [1.29, 1.82) is 0 Å². The number of nitrogens with one attached hydrogen (secondary N) is 1. The third-order valence-corrected chi connectivity index (χ3v) is 3.77. The standard InChI is InChI=1S/C11H16BrNO2S/c1-9(13-7-8-16(2,14)15)10-3-5-11(12)6-4-10/h3-6,9,13H,7-8H2,1-2H3/t9-/m1/s1. The lowest BCUT2D eigenvalue weighted by molar-refractivity contribution is 0.576. The van der Waals surface area contributed by atoms with E-state index in [1.807, 2.05) is 31.2 Å². The number of hydrogen-bond donors (Lipinski definition) is 1. The Morgan fingerprint density at radius 3 is 2.38 bits per heavy atom. The van der Waals surface area contributed by atoms with Crippen LogP contribution in [0.2, 0.25) is 0 Å². The summed E-state index contributed by atoms with van der Waals surface area (Å²) in [7, 11) is -2.88. The first-order valence-corrected chi connectivity index (χ1v) is 7.90. The van der Waals surface area contributed by atoms with Gasteiger partial charge in [0, 0.05) is 23.3 Å². The Morgan fingerprint density at radius 2 is 1.88 bits per heavy atom. The van der Waals surface area contributed by atoms with E-state index in [9.17, 15) is 8.42 Å². The SMILES string of the molecule is C[C@@H](NCCS(C)(=O)=O)c1ccc(Br)cc1. The first-order valence-electron chi connectivity index (χ1n) is 5.05. The van der Waals surface area contributed by atoms with Gasteiger partial charge in [0.15, 0.2) is 0 Å². The highest BCUT2D eigenvalue weighted by Gasteiger charge is 2.06. The smallest absolute Gasteiger partial charge is 0.148 e. The largest absolute Gasteiger partial charge is 0.309 e. The van der Waals surface area contributed by atoms with E-state index in [-0.39, 0.29) is 11.8 Å². The lowest BCUT2D eigenvalue weighted by Crippen LogP contribution is -2.25. The van der Waals surface area contributed by atoms with Crippen LogP contribution in [-0.2, 0) is 9.84 Å². The predicted molar refractivity (Wildman–Crippen MR) is 70.3 cm³/mol. The Balaban J connectivity index is 2.47. The van der Waals surface area contributed by atoms with E-state index in [0.29, 0.717) is 6.54 Å². The van der Waals surface area contributed by atoms with Gasteiger partial charge in [-0.3, -0.25) is 0 Å². The first kappa shape index (κ1) is 13.7. The minimum Gasteiger partial charge on any atom is -0.309 e. The molecule has 3 nitrogen and oxygen atoms in total. The maximum Gasteiger partial charge on any atom is 0.148 e. The van der Waals surface area contributed by atoms with E-state index in [1.165, 1.54) is 6.26 Å². The van der Waals surface area contributed by atoms with Gasteiger partial charge in [-0.25, -0.2) is 8.42 Å². The molecular weight excluding hydrogens is 290 g/mol. The van der Waals surface area contributed by atoms with Crippen molar-refractivity contribution >= 4 is 25.8 Å². The molecule has 0 heterocycles. The number of rotatable bonds is 5. The molecule has 0 saturated heterocycles. The molecule has 0 bridgehead atoms. The van der Waals surface area contributed by atoms with Crippen LogP contribution in [0.15, 0.2) is 28.7 Å². The Bertz CT molecular complexity index is 428. The fourth-order valence-electron chi connectivity index (χ4n) is 1.33. The van der Waals surface area contributed by atoms with Gasteiger partial charge in [0.2, 0.25) is 0 Å². The molecule has 1 aromatic carbocycles. The van der Waals surface area contributed by atoms with Crippen LogP contribution in [0, 0.1) is 0 Å². The van der Waals surface area contributed by atoms with Crippen LogP contribution >= 0.6 is 15.9 Å². The molecule has 1 aromatic rings. The summed E-state index contributed by atoms with van der Waals surface area (Å²) in [5, 5.41) is 3.18. The van der Waals surface area contributed by atoms with Crippen LogP contribution in [0.5, 0.6) is 0 Å². The highest BCUT2D eigenvalue weighted by Crippen LogP contribution is 2.16. The van der Waals surface area contributed by atoms with E-state index in [4.69, 9.17) is 0 Å². The molecular formula is C11H16BrNO2S. The number of halogens is 1. The van der Waals surface area contributed by atoms with Crippen molar-refractivity contribution in [2.45, 2.75) is 13.0 Å². The quantitative estimate of drug-likeness (QED) is 0.906. The molecule has 0 radical (unpaired) electrons. The summed E-state index contributed by atoms with van der Waals surface area (Å²) >= 11 is 3.37. The third-order valence-electron chi connectivity index (χ3n) is 2.29.